The summed E-state index contributed by atoms with van der Waals surface area (Å²) in [6.45, 7) is 7.19. The molecule has 3 aliphatic heterocycles. The Bertz CT molecular complexity index is 692. The highest BCUT2D eigenvalue weighted by molar-refractivity contribution is 5.80. The third-order valence-corrected chi connectivity index (χ3v) is 5.58. The van der Waals surface area contributed by atoms with Crippen LogP contribution < -0.4 is 10.2 Å². The lowest BCUT2D eigenvalue weighted by atomic mass is 10.2. The minimum Gasteiger partial charge on any atom is -0.364 e. The van der Waals surface area contributed by atoms with Crippen LogP contribution in [0.15, 0.2) is 53.6 Å². The molecule has 1 fully saturated rings. The van der Waals surface area contributed by atoms with E-state index in [4.69, 9.17) is 0 Å². The molecule has 0 saturated carbocycles. The number of aliphatic imine (C=N–C) groups is 1. The third kappa shape index (κ3) is 3.78. The highest BCUT2D eigenvalue weighted by Crippen LogP contribution is 2.20. The maximum absolute atomic E-state index is 4.52. The molecule has 0 bridgehead atoms. The van der Waals surface area contributed by atoms with E-state index in [1.54, 1.807) is 0 Å². The summed E-state index contributed by atoms with van der Waals surface area (Å²) in [5, 5.41) is 3.56. The first kappa shape index (κ1) is 17.2. The number of anilines is 1. The van der Waals surface area contributed by atoms with Crippen LogP contribution >= 0.6 is 0 Å². The van der Waals surface area contributed by atoms with E-state index in [0.29, 0.717) is 6.04 Å². The molecule has 1 aromatic carbocycles. The predicted octanol–water partition coefficient (Wildman–Crippen LogP) is 2.08. The molecule has 0 radical (unpaired) electrons. The molecule has 26 heavy (non-hydrogen) atoms. The van der Waals surface area contributed by atoms with E-state index in [-0.39, 0.29) is 0 Å². The van der Waals surface area contributed by atoms with Crippen LogP contribution in [0.25, 0.3) is 0 Å². The Balaban J connectivity index is 1.32. The van der Waals surface area contributed by atoms with E-state index >= 15 is 0 Å². The molecule has 4 rings (SSSR count). The fourth-order valence-corrected chi connectivity index (χ4v) is 4.09. The summed E-state index contributed by atoms with van der Waals surface area (Å²) in [7, 11) is 1.89. The van der Waals surface area contributed by atoms with E-state index in [0.717, 1.165) is 51.8 Å². The van der Waals surface area contributed by atoms with Crippen molar-refractivity contribution in [3.8, 4) is 0 Å². The van der Waals surface area contributed by atoms with Crippen LogP contribution in [0.2, 0.25) is 0 Å². The highest BCUT2D eigenvalue weighted by Gasteiger charge is 2.29. The van der Waals surface area contributed by atoms with E-state index in [1.807, 2.05) is 7.05 Å². The number of rotatable bonds is 4. The van der Waals surface area contributed by atoms with Gasteiger partial charge in [0.25, 0.3) is 0 Å². The molecule has 1 N–H and O–H groups in total. The van der Waals surface area contributed by atoms with Crippen LogP contribution in [0.5, 0.6) is 0 Å². The molecule has 0 aromatic heterocycles. The Hall–Kier alpha value is -2.27. The van der Waals surface area contributed by atoms with Crippen LogP contribution in [0.4, 0.5) is 5.69 Å². The van der Waals surface area contributed by atoms with Crippen molar-refractivity contribution >= 4 is 11.6 Å². The Kier molecular flexibility index (Phi) is 5.25. The average Bonchev–Trinajstić information content (AvgIpc) is 3.43. The lowest BCUT2D eigenvalue weighted by Gasteiger charge is -2.25. The topological polar surface area (TPSA) is 34.1 Å². The maximum atomic E-state index is 4.52. The van der Waals surface area contributed by atoms with Gasteiger partial charge in [-0.05, 0) is 24.1 Å². The Morgan fingerprint density at radius 2 is 1.88 bits per heavy atom. The minimum atomic E-state index is 0.648. The lowest BCUT2D eigenvalue weighted by molar-refractivity contribution is 0.259. The molecule has 0 aliphatic carbocycles. The van der Waals surface area contributed by atoms with Gasteiger partial charge in [0.05, 0.1) is 0 Å². The van der Waals surface area contributed by atoms with Crippen molar-refractivity contribution in [2.75, 3.05) is 51.2 Å². The summed E-state index contributed by atoms with van der Waals surface area (Å²) in [6.07, 6.45) is 10.2. The number of guanidine groups is 1. The quantitative estimate of drug-likeness (QED) is 0.512. The highest BCUT2D eigenvalue weighted by atomic mass is 15.3. The van der Waals surface area contributed by atoms with Crippen molar-refractivity contribution in [3.05, 3.63) is 54.1 Å². The molecule has 0 amide bonds. The fourth-order valence-electron chi connectivity index (χ4n) is 4.09. The zero-order chi connectivity index (χ0) is 17.8. The second-order valence-corrected chi connectivity index (χ2v) is 7.26. The number of nitrogens with zero attached hydrogens (tertiary/aromatic N) is 4. The zero-order valence-corrected chi connectivity index (χ0v) is 15.6. The Morgan fingerprint density at radius 3 is 2.65 bits per heavy atom. The van der Waals surface area contributed by atoms with E-state index in [9.17, 15) is 0 Å². The maximum Gasteiger partial charge on any atom is 0.193 e. The molecule has 3 aliphatic rings. The lowest BCUT2D eigenvalue weighted by Crippen LogP contribution is -2.42. The molecule has 5 nitrogen and oxygen atoms in total. The van der Waals surface area contributed by atoms with E-state index in [1.165, 1.54) is 17.7 Å². The minimum absolute atomic E-state index is 0.648. The molecule has 5 heteroatoms. The fraction of sp³-hybridized carbons (Fsp3) is 0.476. The van der Waals surface area contributed by atoms with Gasteiger partial charge < -0.3 is 15.1 Å². The Labute approximate surface area is 156 Å². The van der Waals surface area contributed by atoms with Crippen molar-refractivity contribution in [3.63, 3.8) is 0 Å². The SMILES string of the molecule is CN=C(NCc1cccc(N2CC=CC2)c1)N1CCC(N2CC=CC2)C1. The summed E-state index contributed by atoms with van der Waals surface area (Å²) in [5.41, 5.74) is 2.60. The van der Waals surface area contributed by atoms with Gasteiger partial charge in [-0.15, -0.1) is 0 Å². The second-order valence-electron chi connectivity index (χ2n) is 7.26. The molecular weight excluding hydrogens is 322 g/mol. The second kappa shape index (κ2) is 7.96. The molecular formula is C21H29N5. The summed E-state index contributed by atoms with van der Waals surface area (Å²) in [4.78, 5) is 11.9. The van der Waals surface area contributed by atoms with Gasteiger partial charge in [-0.25, -0.2) is 0 Å². The smallest absolute Gasteiger partial charge is 0.193 e. The van der Waals surface area contributed by atoms with Gasteiger partial charge in [0.1, 0.15) is 0 Å². The standard InChI is InChI=1S/C21H29N5/c1-22-21(26-14-9-20(17-26)25-12-4-5-13-25)23-16-18-7-6-8-19(15-18)24-10-2-3-11-24/h2-8,15,20H,9-14,16-17H2,1H3,(H,22,23). The molecule has 0 spiro atoms. The number of hydrogen-bond donors (Lipinski definition) is 1. The van der Waals surface area contributed by atoms with Crippen LogP contribution in [0, 0.1) is 0 Å². The van der Waals surface area contributed by atoms with Gasteiger partial charge in [0, 0.05) is 64.6 Å². The van der Waals surface area contributed by atoms with E-state index in [2.05, 4.69) is 73.6 Å². The average molecular weight is 351 g/mol. The van der Waals surface area contributed by atoms with Crippen LogP contribution in [-0.4, -0.2) is 68.1 Å². The first-order chi connectivity index (χ1) is 12.8. The Morgan fingerprint density at radius 1 is 1.12 bits per heavy atom. The van der Waals surface area contributed by atoms with Gasteiger partial charge in [-0.2, -0.15) is 0 Å². The van der Waals surface area contributed by atoms with Gasteiger partial charge in [0.15, 0.2) is 5.96 Å². The summed E-state index contributed by atoms with van der Waals surface area (Å²) < 4.78 is 0. The van der Waals surface area contributed by atoms with Crippen molar-refractivity contribution in [2.24, 2.45) is 4.99 Å². The molecule has 1 aromatic rings. The van der Waals surface area contributed by atoms with Crippen molar-refractivity contribution in [2.45, 2.75) is 19.0 Å². The zero-order valence-electron chi connectivity index (χ0n) is 15.6. The number of hydrogen-bond acceptors (Lipinski definition) is 3. The first-order valence-electron chi connectivity index (χ1n) is 9.67. The number of nitrogens with one attached hydrogen (secondary N) is 1. The monoisotopic (exact) mass is 351 g/mol. The van der Waals surface area contributed by atoms with Crippen LogP contribution in [0.1, 0.15) is 12.0 Å². The first-order valence-corrected chi connectivity index (χ1v) is 9.67. The van der Waals surface area contributed by atoms with Gasteiger partial charge in [-0.3, -0.25) is 9.89 Å². The molecule has 3 heterocycles. The summed E-state index contributed by atoms with van der Waals surface area (Å²) in [6, 6.07) is 9.47. The third-order valence-electron chi connectivity index (χ3n) is 5.58. The predicted molar refractivity (Wildman–Crippen MR) is 109 cm³/mol. The number of benzene rings is 1. The molecule has 1 saturated heterocycles. The van der Waals surface area contributed by atoms with E-state index < -0.39 is 0 Å². The van der Waals surface area contributed by atoms with Crippen molar-refractivity contribution < 1.29 is 0 Å². The van der Waals surface area contributed by atoms with Crippen molar-refractivity contribution in [1.82, 2.24) is 15.1 Å². The molecule has 1 unspecified atom stereocenters. The largest absolute Gasteiger partial charge is 0.364 e. The number of likely N-dealkylation sites (tertiary alicyclic amines) is 1. The van der Waals surface area contributed by atoms with Crippen molar-refractivity contribution in [1.29, 1.82) is 0 Å². The normalized spacial score (nSPS) is 23.4. The van der Waals surface area contributed by atoms with Crippen LogP contribution in [-0.2, 0) is 6.54 Å². The van der Waals surface area contributed by atoms with Gasteiger partial charge >= 0.3 is 0 Å². The van der Waals surface area contributed by atoms with Crippen LogP contribution in [0.3, 0.4) is 0 Å². The molecule has 1 atom stereocenters. The summed E-state index contributed by atoms with van der Waals surface area (Å²) >= 11 is 0. The summed E-state index contributed by atoms with van der Waals surface area (Å²) in [5.74, 6) is 1.02. The molecule has 138 valence electrons. The van der Waals surface area contributed by atoms with Gasteiger partial charge in [0.2, 0.25) is 0 Å². The van der Waals surface area contributed by atoms with Gasteiger partial charge in [-0.1, -0.05) is 36.4 Å².